The molecule has 0 saturated heterocycles. The molecule has 0 spiro atoms. The smallest absolute Gasteiger partial charge is 0.344 e. The molecule has 0 radical (unpaired) electrons. The van der Waals surface area contributed by atoms with Gasteiger partial charge in [0.15, 0.2) is 11.9 Å². The molecule has 5 heteroatoms. The highest BCUT2D eigenvalue weighted by molar-refractivity contribution is 6.08. The van der Waals surface area contributed by atoms with Crippen molar-refractivity contribution in [2.24, 2.45) is 0 Å². The Balaban J connectivity index is 1.62. The van der Waals surface area contributed by atoms with E-state index in [9.17, 15) is 9.59 Å². The second kappa shape index (κ2) is 9.06. The predicted molar refractivity (Wildman–Crippen MR) is 112 cm³/mol. The van der Waals surface area contributed by atoms with Crippen molar-refractivity contribution in [1.82, 2.24) is 4.57 Å². The first-order valence-corrected chi connectivity index (χ1v) is 9.35. The van der Waals surface area contributed by atoms with Crippen LogP contribution in [-0.4, -0.2) is 27.5 Å². The molecule has 1 heterocycles. The standard InChI is InChI=1S/C24H23NO4/c1-17-8-10-20(11-9-17)23(26)21-12-14-25(16-21)13-4-6-19-5-3-7-22(15-19)29-18(2)24(27)28/h3-12,14-16,18H,13H2,1-2H3,(H,27,28)/t18-/m0/s1. The van der Waals surface area contributed by atoms with Gasteiger partial charge in [0.1, 0.15) is 5.75 Å². The Labute approximate surface area is 169 Å². The fourth-order valence-electron chi connectivity index (χ4n) is 2.82. The highest BCUT2D eigenvalue weighted by Gasteiger charge is 2.12. The van der Waals surface area contributed by atoms with Gasteiger partial charge in [0.2, 0.25) is 0 Å². The Morgan fingerprint density at radius 3 is 2.59 bits per heavy atom. The highest BCUT2D eigenvalue weighted by atomic mass is 16.5. The van der Waals surface area contributed by atoms with Crippen LogP contribution in [0.3, 0.4) is 0 Å². The van der Waals surface area contributed by atoms with Gasteiger partial charge in [0.25, 0.3) is 0 Å². The van der Waals surface area contributed by atoms with Gasteiger partial charge in [0.05, 0.1) is 0 Å². The molecule has 1 aromatic heterocycles. The Kier molecular flexibility index (Phi) is 6.29. The third kappa shape index (κ3) is 5.45. The van der Waals surface area contributed by atoms with E-state index in [1.54, 1.807) is 12.1 Å². The average molecular weight is 389 g/mol. The van der Waals surface area contributed by atoms with Crippen LogP contribution < -0.4 is 4.74 Å². The normalized spacial score (nSPS) is 12.1. The van der Waals surface area contributed by atoms with E-state index in [-0.39, 0.29) is 5.78 Å². The first kappa shape index (κ1) is 20.1. The lowest BCUT2D eigenvalue weighted by molar-refractivity contribution is -0.144. The molecule has 0 aliphatic rings. The van der Waals surface area contributed by atoms with Gasteiger partial charge < -0.3 is 14.4 Å². The quantitative estimate of drug-likeness (QED) is 0.572. The third-order valence-corrected chi connectivity index (χ3v) is 4.47. The molecule has 0 aliphatic heterocycles. The minimum absolute atomic E-state index is 0.00475. The maximum absolute atomic E-state index is 12.6. The minimum Gasteiger partial charge on any atom is -0.479 e. The largest absolute Gasteiger partial charge is 0.479 e. The van der Waals surface area contributed by atoms with E-state index < -0.39 is 12.1 Å². The van der Waals surface area contributed by atoms with Crippen molar-refractivity contribution in [3.05, 3.63) is 95.3 Å². The van der Waals surface area contributed by atoms with Gasteiger partial charge in [0, 0.05) is 30.1 Å². The van der Waals surface area contributed by atoms with E-state index >= 15 is 0 Å². The Hall–Kier alpha value is -3.60. The number of allylic oxidation sites excluding steroid dienone is 1. The van der Waals surface area contributed by atoms with Crippen LogP contribution in [0.25, 0.3) is 6.08 Å². The summed E-state index contributed by atoms with van der Waals surface area (Å²) in [6, 6.07) is 16.6. The number of carbonyl (C=O) groups excluding carboxylic acids is 1. The predicted octanol–water partition coefficient (Wildman–Crippen LogP) is 4.59. The number of rotatable bonds is 8. The number of nitrogens with zero attached hydrogens (tertiary/aromatic N) is 1. The molecule has 0 amide bonds. The van der Waals surface area contributed by atoms with Gasteiger partial charge in [-0.25, -0.2) is 4.79 Å². The molecule has 0 unspecified atom stereocenters. The van der Waals surface area contributed by atoms with E-state index in [1.165, 1.54) is 6.92 Å². The Morgan fingerprint density at radius 1 is 1.10 bits per heavy atom. The lowest BCUT2D eigenvalue weighted by Gasteiger charge is -2.10. The van der Waals surface area contributed by atoms with E-state index in [0.29, 0.717) is 23.4 Å². The maximum Gasteiger partial charge on any atom is 0.344 e. The molecular weight excluding hydrogens is 366 g/mol. The second-order valence-electron chi connectivity index (χ2n) is 6.87. The highest BCUT2D eigenvalue weighted by Crippen LogP contribution is 2.17. The number of ketones is 1. The molecular formula is C24H23NO4. The van der Waals surface area contributed by atoms with Gasteiger partial charge in [-0.1, -0.05) is 54.1 Å². The molecule has 29 heavy (non-hydrogen) atoms. The van der Waals surface area contributed by atoms with Crippen LogP contribution in [0.15, 0.2) is 73.1 Å². The number of carboxylic acids is 1. The van der Waals surface area contributed by atoms with Gasteiger partial charge >= 0.3 is 5.97 Å². The molecule has 148 valence electrons. The lowest BCUT2D eigenvalue weighted by Crippen LogP contribution is -2.22. The van der Waals surface area contributed by atoms with Crippen molar-refractivity contribution < 1.29 is 19.4 Å². The zero-order valence-electron chi connectivity index (χ0n) is 16.4. The molecule has 0 fully saturated rings. The summed E-state index contributed by atoms with van der Waals surface area (Å²) in [6.07, 6.45) is 6.71. The fourth-order valence-corrected chi connectivity index (χ4v) is 2.82. The maximum atomic E-state index is 12.6. The molecule has 3 rings (SSSR count). The monoisotopic (exact) mass is 389 g/mol. The van der Waals surface area contributed by atoms with E-state index in [4.69, 9.17) is 9.84 Å². The van der Waals surface area contributed by atoms with Gasteiger partial charge in [-0.15, -0.1) is 0 Å². The van der Waals surface area contributed by atoms with Crippen LogP contribution in [0.2, 0.25) is 0 Å². The number of carboxylic acid groups (broad SMARTS) is 1. The first-order chi connectivity index (χ1) is 13.9. The molecule has 0 aliphatic carbocycles. The van der Waals surface area contributed by atoms with Crippen LogP contribution in [0.5, 0.6) is 5.75 Å². The third-order valence-electron chi connectivity index (χ3n) is 4.47. The molecule has 3 aromatic rings. The summed E-state index contributed by atoms with van der Waals surface area (Å²) in [6.45, 7) is 4.09. The summed E-state index contributed by atoms with van der Waals surface area (Å²) in [5.74, 6) is -0.492. The Bertz CT molecular complexity index is 1030. The number of benzene rings is 2. The molecule has 0 bridgehead atoms. The number of hydrogen-bond donors (Lipinski definition) is 1. The fraction of sp³-hybridized carbons (Fsp3) is 0.167. The summed E-state index contributed by atoms with van der Waals surface area (Å²) < 4.78 is 7.32. The topological polar surface area (TPSA) is 68.5 Å². The number of aliphatic carboxylic acids is 1. The van der Waals surface area contributed by atoms with Crippen molar-refractivity contribution in [3.63, 3.8) is 0 Å². The van der Waals surface area contributed by atoms with Gasteiger partial charge in [-0.05, 0) is 37.6 Å². The molecule has 0 saturated carbocycles. The summed E-state index contributed by atoms with van der Waals surface area (Å²) in [7, 11) is 0. The molecule has 1 atom stereocenters. The average Bonchev–Trinajstić information content (AvgIpc) is 3.17. The summed E-state index contributed by atoms with van der Waals surface area (Å²) >= 11 is 0. The van der Waals surface area contributed by atoms with Crippen LogP contribution in [0.4, 0.5) is 0 Å². The van der Waals surface area contributed by atoms with Crippen LogP contribution >= 0.6 is 0 Å². The van der Waals surface area contributed by atoms with Crippen molar-refractivity contribution in [2.75, 3.05) is 0 Å². The van der Waals surface area contributed by atoms with Crippen molar-refractivity contribution in [3.8, 4) is 5.75 Å². The molecule has 1 N–H and O–H groups in total. The van der Waals surface area contributed by atoms with Crippen molar-refractivity contribution in [2.45, 2.75) is 26.5 Å². The number of aryl methyl sites for hydroxylation is 1. The van der Waals surface area contributed by atoms with Crippen LogP contribution in [0, 0.1) is 6.92 Å². The molecule has 2 aromatic carbocycles. The summed E-state index contributed by atoms with van der Waals surface area (Å²) in [4.78, 5) is 23.5. The second-order valence-corrected chi connectivity index (χ2v) is 6.87. The number of carbonyl (C=O) groups is 2. The minimum atomic E-state index is -1.01. The first-order valence-electron chi connectivity index (χ1n) is 9.35. The zero-order valence-corrected chi connectivity index (χ0v) is 16.4. The van der Waals surface area contributed by atoms with E-state index in [1.807, 2.05) is 78.5 Å². The Morgan fingerprint density at radius 2 is 1.86 bits per heavy atom. The lowest BCUT2D eigenvalue weighted by atomic mass is 10.0. The molecule has 5 nitrogen and oxygen atoms in total. The number of ether oxygens (including phenoxy) is 1. The number of aromatic nitrogens is 1. The van der Waals surface area contributed by atoms with E-state index in [2.05, 4.69) is 0 Å². The number of hydrogen-bond acceptors (Lipinski definition) is 3. The summed E-state index contributed by atoms with van der Waals surface area (Å²) in [5, 5.41) is 8.94. The van der Waals surface area contributed by atoms with Crippen LogP contribution in [-0.2, 0) is 11.3 Å². The van der Waals surface area contributed by atoms with E-state index in [0.717, 1.165) is 11.1 Å². The SMILES string of the molecule is Cc1ccc(C(=O)c2ccn(CC=Cc3cccc(O[C@@H](C)C(=O)O)c3)c2)cc1. The van der Waals surface area contributed by atoms with Gasteiger partial charge in [-0.2, -0.15) is 0 Å². The zero-order chi connectivity index (χ0) is 20.8. The van der Waals surface area contributed by atoms with Crippen molar-refractivity contribution in [1.29, 1.82) is 0 Å². The summed E-state index contributed by atoms with van der Waals surface area (Å²) in [5.41, 5.74) is 3.36. The van der Waals surface area contributed by atoms with Gasteiger partial charge in [-0.3, -0.25) is 4.79 Å². The van der Waals surface area contributed by atoms with Crippen molar-refractivity contribution >= 4 is 17.8 Å². The van der Waals surface area contributed by atoms with Crippen LogP contribution in [0.1, 0.15) is 34.0 Å².